The van der Waals surface area contributed by atoms with E-state index in [-0.39, 0.29) is 18.0 Å². The van der Waals surface area contributed by atoms with Gasteiger partial charge in [0.1, 0.15) is 0 Å². The second-order valence-electron chi connectivity index (χ2n) is 5.88. The lowest BCUT2D eigenvalue weighted by Gasteiger charge is -2.51. The molecule has 0 fully saturated rings. The van der Waals surface area contributed by atoms with Gasteiger partial charge in [-0.05, 0) is 31.6 Å². The smallest absolute Gasteiger partial charge is 0.333 e. The number of ether oxygens (including phenoxy) is 2. The first-order chi connectivity index (χ1) is 9.83. The fraction of sp³-hybridized carbons (Fsp3) is 0.438. The molecule has 0 amide bonds. The summed E-state index contributed by atoms with van der Waals surface area (Å²) in [6.45, 7) is 3.48. The molecule has 0 bridgehead atoms. The Morgan fingerprint density at radius 1 is 1.29 bits per heavy atom. The van der Waals surface area contributed by atoms with Gasteiger partial charge in [0.15, 0.2) is 11.6 Å². The first-order valence-electron chi connectivity index (χ1n) is 6.79. The minimum Gasteiger partial charge on any atom is -0.425 e. The molecule has 0 unspecified atom stereocenters. The third-order valence-corrected chi connectivity index (χ3v) is 4.70. The second-order valence-corrected chi connectivity index (χ2v) is 5.88. The number of ketones is 2. The summed E-state index contributed by atoms with van der Waals surface area (Å²) in [6, 6.07) is 0. The van der Waals surface area contributed by atoms with Gasteiger partial charge in [-0.2, -0.15) is 0 Å². The molecule has 3 atom stereocenters. The summed E-state index contributed by atoms with van der Waals surface area (Å²) in [5, 5.41) is 0. The molecule has 0 aromatic heterocycles. The second kappa shape index (κ2) is 4.24. The lowest BCUT2D eigenvalue weighted by atomic mass is 9.59. The van der Waals surface area contributed by atoms with Gasteiger partial charge in [0.2, 0.25) is 5.79 Å². The Bertz CT molecular complexity index is 654. The van der Waals surface area contributed by atoms with Gasteiger partial charge in [-0.1, -0.05) is 6.08 Å². The van der Waals surface area contributed by atoms with E-state index in [1.54, 1.807) is 19.9 Å². The van der Waals surface area contributed by atoms with E-state index in [0.717, 1.165) is 0 Å². The molecule has 21 heavy (non-hydrogen) atoms. The summed E-state index contributed by atoms with van der Waals surface area (Å²) < 4.78 is 11.0. The SMILES string of the molecule is CO[C@]12OC(=O)C=C(C)C1=CC(=O)[C@@]1(C)C=CC(=O)C[C@@H]21. The van der Waals surface area contributed by atoms with Crippen molar-refractivity contribution in [3.8, 4) is 0 Å². The molecule has 1 aliphatic heterocycles. The highest BCUT2D eigenvalue weighted by atomic mass is 16.7. The van der Waals surface area contributed by atoms with Crippen molar-refractivity contribution in [1.82, 2.24) is 0 Å². The number of fused-ring (bicyclic) bond motifs is 3. The number of hydrogen-bond donors (Lipinski definition) is 0. The van der Waals surface area contributed by atoms with Gasteiger partial charge in [-0.15, -0.1) is 0 Å². The average Bonchev–Trinajstić information content (AvgIpc) is 2.43. The number of esters is 1. The van der Waals surface area contributed by atoms with Crippen LogP contribution in [0.2, 0.25) is 0 Å². The first-order valence-corrected chi connectivity index (χ1v) is 6.79. The van der Waals surface area contributed by atoms with Crippen molar-refractivity contribution in [3.05, 3.63) is 35.5 Å². The summed E-state index contributed by atoms with van der Waals surface area (Å²) in [5.41, 5.74) is 0.247. The van der Waals surface area contributed by atoms with Gasteiger partial charge in [0.05, 0.1) is 11.3 Å². The zero-order valence-corrected chi connectivity index (χ0v) is 12.1. The number of carbonyl (C=O) groups excluding carboxylic acids is 3. The number of allylic oxidation sites excluding steroid dienone is 3. The Morgan fingerprint density at radius 2 is 2.00 bits per heavy atom. The van der Waals surface area contributed by atoms with E-state index in [2.05, 4.69) is 0 Å². The van der Waals surface area contributed by atoms with E-state index in [1.165, 1.54) is 25.3 Å². The average molecular weight is 288 g/mol. The van der Waals surface area contributed by atoms with Crippen molar-refractivity contribution < 1.29 is 23.9 Å². The maximum absolute atomic E-state index is 12.5. The van der Waals surface area contributed by atoms with Gasteiger partial charge in [-0.3, -0.25) is 9.59 Å². The maximum Gasteiger partial charge on any atom is 0.333 e. The summed E-state index contributed by atoms with van der Waals surface area (Å²) in [7, 11) is 1.43. The van der Waals surface area contributed by atoms with E-state index in [0.29, 0.717) is 11.1 Å². The van der Waals surface area contributed by atoms with Crippen molar-refractivity contribution in [2.24, 2.45) is 11.3 Å². The standard InChI is InChI=1S/C16H16O5/c1-9-6-14(19)21-16(20-3)11(9)8-13(18)15(2)5-4-10(17)7-12(15)16/h4-6,8,12H,7H2,1-3H3/t12-,15+,16+/m1/s1. The predicted molar refractivity (Wildman–Crippen MR) is 73.0 cm³/mol. The Morgan fingerprint density at radius 3 is 2.67 bits per heavy atom. The van der Waals surface area contributed by atoms with Crippen LogP contribution in [0.5, 0.6) is 0 Å². The Hall–Kier alpha value is -2.01. The van der Waals surface area contributed by atoms with E-state index < -0.39 is 23.1 Å². The number of hydrogen-bond acceptors (Lipinski definition) is 5. The van der Waals surface area contributed by atoms with E-state index >= 15 is 0 Å². The van der Waals surface area contributed by atoms with Crippen LogP contribution in [-0.2, 0) is 23.9 Å². The third-order valence-electron chi connectivity index (χ3n) is 4.70. The van der Waals surface area contributed by atoms with Crippen LogP contribution in [0.3, 0.4) is 0 Å². The molecule has 3 rings (SSSR count). The van der Waals surface area contributed by atoms with Crippen LogP contribution < -0.4 is 0 Å². The summed E-state index contributed by atoms with van der Waals surface area (Å²) in [5.74, 6) is -2.67. The molecule has 0 spiro atoms. The number of rotatable bonds is 1. The fourth-order valence-corrected chi connectivity index (χ4v) is 3.46. The van der Waals surface area contributed by atoms with Gasteiger partial charge in [-0.25, -0.2) is 4.79 Å². The molecule has 0 radical (unpaired) electrons. The van der Waals surface area contributed by atoms with Crippen LogP contribution in [0.25, 0.3) is 0 Å². The molecule has 5 heteroatoms. The van der Waals surface area contributed by atoms with Crippen molar-refractivity contribution in [2.45, 2.75) is 26.1 Å². The molecule has 1 heterocycles. The van der Waals surface area contributed by atoms with Crippen LogP contribution in [-0.4, -0.2) is 30.4 Å². The molecule has 0 N–H and O–H groups in total. The highest BCUT2D eigenvalue weighted by molar-refractivity contribution is 6.04. The molecule has 0 aromatic rings. The van der Waals surface area contributed by atoms with Crippen LogP contribution in [0, 0.1) is 11.3 Å². The summed E-state index contributed by atoms with van der Waals surface area (Å²) in [6.07, 6.45) is 5.92. The molecule has 2 aliphatic carbocycles. The van der Waals surface area contributed by atoms with E-state index in [4.69, 9.17) is 9.47 Å². The van der Waals surface area contributed by atoms with Crippen molar-refractivity contribution >= 4 is 17.5 Å². The lowest BCUT2D eigenvalue weighted by molar-refractivity contribution is -0.238. The number of methoxy groups -OCH3 is 1. The maximum atomic E-state index is 12.5. The molecule has 110 valence electrons. The highest BCUT2D eigenvalue weighted by Gasteiger charge is 2.61. The van der Waals surface area contributed by atoms with Gasteiger partial charge >= 0.3 is 5.97 Å². The first kappa shape index (κ1) is 13.9. The zero-order chi connectivity index (χ0) is 15.4. The molecule has 0 aromatic carbocycles. The lowest BCUT2D eigenvalue weighted by Crippen LogP contribution is -2.59. The van der Waals surface area contributed by atoms with Crippen LogP contribution in [0.1, 0.15) is 20.3 Å². The molecular formula is C16H16O5. The van der Waals surface area contributed by atoms with Crippen LogP contribution in [0.4, 0.5) is 0 Å². The largest absolute Gasteiger partial charge is 0.425 e. The van der Waals surface area contributed by atoms with Crippen molar-refractivity contribution in [3.63, 3.8) is 0 Å². The quantitative estimate of drug-likeness (QED) is 0.684. The molecule has 0 saturated carbocycles. The molecule has 0 saturated heterocycles. The fourth-order valence-electron chi connectivity index (χ4n) is 3.46. The Labute approximate surface area is 122 Å². The monoisotopic (exact) mass is 288 g/mol. The molecule has 5 nitrogen and oxygen atoms in total. The summed E-state index contributed by atoms with van der Waals surface area (Å²) >= 11 is 0. The Kier molecular flexibility index (Phi) is 2.82. The molecular weight excluding hydrogens is 272 g/mol. The zero-order valence-electron chi connectivity index (χ0n) is 12.1. The van der Waals surface area contributed by atoms with Gasteiger partial charge in [0, 0.05) is 25.2 Å². The minimum absolute atomic E-state index is 0.102. The Balaban J connectivity index is 2.27. The van der Waals surface area contributed by atoms with Crippen molar-refractivity contribution in [1.29, 1.82) is 0 Å². The van der Waals surface area contributed by atoms with Crippen molar-refractivity contribution in [2.75, 3.05) is 7.11 Å². The number of carbonyl (C=O) groups is 3. The van der Waals surface area contributed by atoms with Gasteiger partial charge in [0.25, 0.3) is 0 Å². The van der Waals surface area contributed by atoms with E-state index in [9.17, 15) is 14.4 Å². The minimum atomic E-state index is -1.38. The van der Waals surface area contributed by atoms with Gasteiger partial charge < -0.3 is 9.47 Å². The molecule has 3 aliphatic rings. The van der Waals surface area contributed by atoms with Crippen LogP contribution >= 0.6 is 0 Å². The highest BCUT2D eigenvalue weighted by Crippen LogP contribution is 2.53. The third kappa shape index (κ3) is 1.70. The predicted octanol–water partition coefficient (Wildman–Crippen LogP) is 1.49. The van der Waals surface area contributed by atoms with Crippen LogP contribution in [0.15, 0.2) is 35.5 Å². The van der Waals surface area contributed by atoms with E-state index in [1.807, 2.05) is 0 Å². The topological polar surface area (TPSA) is 69.7 Å². The summed E-state index contributed by atoms with van der Waals surface area (Å²) in [4.78, 5) is 36.2. The normalized spacial score (nSPS) is 38.2.